The van der Waals surface area contributed by atoms with Crippen molar-refractivity contribution >= 4 is 12.1 Å². The summed E-state index contributed by atoms with van der Waals surface area (Å²) in [6.45, 7) is 1.89. The maximum Gasteiger partial charge on any atom is 0.417 e. The Kier molecular flexibility index (Phi) is 6.82. The molecular weight excluding hydrogens is 402 g/mol. The SMILES string of the molecule is CCOC(=O)N1C(N[C@@H](CO)c2ccccc2)=N[C@@H](c2ccccc2)[C@@H]1c1ccccc1. The fraction of sp³-hybridized carbons (Fsp3) is 0.231. The van der Waals surface area contributed by atoms with E-state index in [0.29, 0.717) is 5.96 Å². The van der Waals surface area contributed by atoms with E-state index in [4.69, 9.17) is 9.73 Å². The maximum atomic E-state index is 13.1. The van der Waals surface area contributed by atoms with E-state index in [1.54, 1.807) is 11.8 Å². The monoisotopic (exact) mass is 429 g/mol. The molecule has 164 valence electrons. The van der Waals surface area contributed by atoms with Gasteiger partial charge in [0, 0.05) is 0 Å². The Bertz CT molecular complexity index is 1040. The number of aliphatic imine (C=N–C) groups is 1. The third-order valence-electron chi connectivity index (χ3n) is 5.50. The average molecular weight is 430 g/mol. The molecule has 6 nitrogen and oxygen atoms in total. The highest BCUT2D eigenvalue weighted by Crippen LogP contribution is 2.42. The van der Waals surface area contributed by atoms with E-state index in [2.05, 4.69) is 5.32 Å². The summed E-state index contributed by atoms with van der Waals surface area (Å²) in [5.74, 6) is 0.383. The Hall–Kier alpha value is -3.64. The number of carbonyl (C=O) groups is 1. The molecule has 0 fully saturated rings. The smallest absolute Gasteiger partial charge is 0.417 e. The van der Waals surface area contributed by atoms with Crippen LogP contribution in [0.25, 0.3) is 0 Å². The number of carbonyl (C=O) groups excluding carboxylic acids is 1. The number of aliphatic hydroxyl groups is 1. The van der Waals surface area contributed by atoms with Gasteiger partial charge < -0.3 is 15.2 Å². The van der Waals surface area contributed by atoms with Crippen molar-refractivity contribution < 1.29 is 14.6 Å². The Balaban J connectivity index is 1.77. The lowest BCUT2D eigenvalue weighted by molar-refractivity contribution is 0.116. The predicted molar refractivity (Wildman–Crippen MR) is 124 cm³/mol. The molecular formula is C26H27N3O3. The normalized spacial score (nSPS) is 18.7. The topological polar surface area (TPSA) is 74.2 Å². The zero-order valence-electron chi connectivity index (χ0n) is 18.0. The van der Waals surface area contributed by atoms with E-state index in [1.807, 2.05) is 91.0 Å². The number of aliphatic hydroxyl groups excluding tert-OH is 1. The lowest BCUT2D eigenvalue weighted by Crippen LogP contribution is -2.46. The van der Waals surface area contributed by atoms with Crippen molar-refractivity contribution in [1.29, 1.82) is 0 Å². The van der Waals surface area contributed by atoms with Gasteiger partial charge in [0.15, 0.2) is 0 Å². The van der Waals surface area contributed by atoms with Crippen LogP contribution in [0.15, 0.2) is 96.0 Å². The van der Waals surface area contributed by atoms with Crippen LogP contribution in [-0.2, 0) is 4.74 Å². The number of nitrogens with one attached hydrogen (secondary N) is 1. The van der Waals surface area contributed by atoms with Crippen LogP contribution < -0.4 is 5.32 Å². The van der Waals surface area contributed by atoms with Crippen molar-refractivity contribution in [2.45, 2.75) is 25.0 Å². The first-order chi connectivity index (χ1) is 15.7. The predicted octanol–water partition coefficient (Wildman–Crippen LogP) is 4.62. The van der Waals surface area contributed by atoms with Gasteiger partial charge in [0.1, 0.15) is 6.04 Å². The van der Waals surface area contributed by atoms with E-state index in [9.17, 15) is 9.90 Å². The summed E-state index contributed by atoms with van der Waals surface area (Å²) < 4.78 is 5.42. The first-order valence-electron chi connectivity index (χ1n) is 10.8. The molecule has 2 N–H and O–H groups in total. The van der Waals surface area contributed by atoms with Crippen LogP contribution in [0.1, 0.15) is 41.7 Å². The van der Waals surface area contributed by atoms with Crippen molar-refractivity contribution in [3.63, 3.8) is 0 Å². The Labute approximate surface area is 188 Å². The van der Waals surface area contributed by atoms with Crippen LogP contribution in [0, 0.1) is 0 Å². The van der Waals surface area contributed by atoms with Crippen molar-refractivity contribution in [3.05, 3.63) is 108 Å². The molecule has 0 bridgehead atoms. The van der Waals surface area contributed by atoms with Gasteiger partial charge in [0.05, 0.1) is 25.3 Å². The summed E-state index contributed by atoms with van der Waals surface area (Å²) in [5.41, 5.74) is 2.85. The van der Waals surface area contributed by atoms with Crippen LogP contribution in [0.3, 0.4) is 0 Å². The summed E-state index contributed by atoms with van der Waals surface area (Å²) in [4.78, 5) is 19.6. The van der Waals surface area contributed by atoms with Gasteiger partial charge in [-0.15, -0.1) is 0 Å². The standard InChI is InChI=1S/C26H27N3O3/c1-2-32-26(31)29-24(21-16-10-5-11-17-21)23(20-14-8-4-9-15-20)28-25(29)27-22(18-30)19-12-6-3-7-13-19/h3-17,22-24,30H,2,18H2,1H3,(H,27,28)/t22-,23-,24-/m0/s1. The van der Waals surface area contributed by atoms with Crippen LogP contribution in [0.4, 0.5) is 4.79 Å². The molecule has 0 spiro atoms. The van der Waals surface area contributed by atoms with Crippen LogP contribution in [-0.4, -0.2) is 35.3 Å². The molecule has 1 aliphatic rings. The van der Waals surface area contributed by atoms with Crippen LogP contribution in [0.2, 0.25) is 0 Å². The number of amides is 1. The van der Waals surface area contributed by atoms with Gasteiger partial charge in [0.2, 0.25) is 5.96 Å². The van der Waals surface area contributed by atoms with E-state index in [1.165, 1.54) is 0 Å². The fourth-order valence-corrected chi connectivity index (χ4v) is 4.00. The Morgan fingerprint density at radius 2 is 1.53 bits per heavy atom. The molecule has 1 heterocycles. The minimum Gasteiger partial charge on any atom is -0.449 e. The number of hydrogen-bond donors (Lipinski definition) is 2. The van der Waals surface area contributed by atoms with Gasteiger partial charge in [-0.2, -0.15) is 0 Å². The van der Waals surface area contributed by atoms with E-state index < -0.39 is 12.1 Å². The summed E-state index contributed by atoms with van der Waals surface area (Å²) in [5, 5.41) is 13.4. The molecule has 32 heavy (non-hydrogen) atoms. The lowest BCUT2D eigenvalue weighted by atomic mass is 9.94. The molecule has 3 aromatic carbocycles. The van der Waals surface area contributed by atoms with Crippen molar-refractivity contribution in [1.82, 2.24) is 10.2 Å². The van der Waals surface area contributed by atoms with Crippen LogP contribution in [0.5, 0.6) is 0 Å². The molecule has 0 unspecified atom stereocenters. The molecule has 3 atom stereocenters. The molecule has 1 aliphatic heterocycles. The van der Waals surface area contributed by atoms with Crippen molar-refractivity contribution in [2.24, 2.45) is 4.99 Å². The Morgan fingerprint density at radius 3 is 2.09 bits per heavy atom. The molecule has 6 heteroatoms. The average Bonchev–Trinajstić information content (AvgIpc) is 3.23. The highest BCUT2D eigenvalue weighted by molar-refractivity contribution is 5.96. The van der Waals surface area contributed by atoms with Crippen LogP contribution >= 0.6 is 0 Å². The molecule has 4 rings (SSSR count). The summed E-state index contributed by atoms with van der Waals surface area (Å²) in [6.07, 6.45) is -0.476. The second kappa shape index (κ2) is 10.1. The van der Waals surface area contributed by atoms with Crippen molar-refractivity contribution in [2.75, 3.05) is 13.2 Å². The largest absolute Gasteiger partial charge is 0.449 e. The lowest BCUT2D eigenvalue weighted by Gasteiger charge is -2.30. The summed E-state index contributed by atoms with van der Waals surface area (Å²) >= 11 is 0. The molecule has 0 aliphatic carbocycles. The third-order valence-corrected chi connectivity index (χ3v) is 5.50. The molecule has 3 aromatic rings. The van der Waals surface area contributed by atoms with Gasteiger partial charge in [-0.25, -0.2) is 14.7 Å². The zero-order chi connectivity index (χ0) is 22.3. The van der Waals surface area contributed by atoms with Gasteiger partial charge in [-0.05, 0) is 23.6 Å². The van der Waals surface area contributed by atoms with Gasteiger partial charge in [-0.3, -0.25) is 0 Å². The molecule has 0 saturated carbocycles. The first kappa shape index (κ1) is 21.6. The quantitative estimate of drug-likeness (QED) is 0.600. The number of guanidine groups is 1. The summed E-state index contributed by atoms with van der Waals surface area (Å²) in [6, 6.07) is 28.2. The van der Waals surface area contributed by atoms with Gasteiger partial charge in [-0.1, -0.05) is 91.0 Å². The Morgan fingerprint density at radius 1 is 0.969 bits per heavy atom. The molecule has 0 aromatic heterocycles. The van der Waals surface area contributed by atoms with E-state index in [-0.39, 0.29) is 25.3 Å². The second-order valence-corrected chi connectivity index (χ2v) is 7.52. The molecule has 1 amide bonds. The number of benzene rings is 3. The third kappa shape index (κ3) is 4.50. The number of ether oxygens (including phenoxy) is 1. The second-order valence-electron chi connectivity index (χ2n) is 7.52. The maximum absolute atomic E-state index is 13.1. The molecule has 0 saturated heterocycles. The van der Waals surface area contributed by atoms with Crippen molar-refractivity contribution in [3.8, 4) is 0 Å². The van der Waals surface area contributed by atoms with Gasteiger partial charge >= 0.3 is 6.09 Å². The number of hydrogen-bond acceptors (Lipinski definition) is 5. The number of nitrogens with zero attached hydrogens (tertiary/aromatic N) is 2. The highest BCUT2D eigenvalue weighted by atomic mass is 16.6. The fourth-order valence-electron chi connectivity index (χ4n) is 4.00. The summed E-state index contributed by atoms with van der Waals surface area (Å²) in [7, 11) is 0. The minimum absolute atomic E-state index is 0.147. The number of rotatable bonds is 6. The molecule has 0 radical (unpaired) electrons. The minimum atomic E-state index is -0.476. The van der Waals surface area contributed by atoms with Gasteiger partial charge in [0.25, 0.3) is 0 Å². The zero-order valence-corrected chi connectivity index (χ0v) is 18.0. The van der Waals surface area contributed by atoms with E-state index >= 15 is 0 Å². The van der Waals surface area contributed by atoms with E-state index in [0.717, 1.165) is 16.7 Å². The first-order valence-corrected chi connectivity index (χ1v) is 10.8. The highest BCUT2D eigenvalue weighted by Gasteiger charge is 2.43.